The fraction of sp³-hybridized carbons (Fsp3) is 0.176. The van der Waals surface area contributed by atoms with Crippen molar-refractivity contribution in [3.05, 3.63) is 71.8 Å². The molecule has 2 rings (SSSR count). The van der Waals surface area contributed by atoms with Crippen LogP contribution in [0.15, 0.2) is 60.7 Å². The molecule has 0 bridgehead atoms. The van der Waals surface area contributed by atoms with Gasteiger partial charge in [0.25, 0.3) is 0 Å². The van der Waals surface area contributed by atoms with E-state index in [1.54, 1.807) is 0 Å². The first kappa shape index (κ1) is 12.4. The summed E-state index contributed by atoms with van der Waals surface area (Å²) in [6, 6.07) is 20.4. The van der Waals surface area contributed by atoms with Gasteiger partial charge in [0.15, 0.2) is 0 Å². The molecule has 0 aliphatic heterocycles. The van der Waals surface area contributed by atoms with Crippen molar-refractivity contribution in [2.24, 2.45) is 0 Å². The van der Waals surface area contributed by atoms with Gasteiger partial charge in [0, 0.05) is 5.56 Å². The van der Waals surface area contributed by atoms with Crippen molar-refractivity contribution in [2.75, 3.05) is 0 Å². The van der Waals surface area contributed by atoms with Crippen LogP contribution >= 0.6 is 0 Å². The van der Waals surface area contributed by atoms with E-state index >= 15 is 0 Å². The maximum absolute atomic E-state index is 5.90. The van der Waals surface area contributed by atoms with Crippen LogP contribution in [0.5, 0.6) is 0 Å². The summed E-state index contributed by atoms with van der Waals surface area (Å²) in [5.74, 6) is 0.914. The van der Waals surface area contributed by atoms with Crippen LogP contribution in [0.4, 0.5) is 0 Å². The van der Waals surface area contributed by atoms with Gasteiger partial charge in [-0.1, -0.05) is 60.7 Å². The van der Waals surface area contributed by atoms with E-state index in [0.29, 0.717) is 0 Å². The minimum Gasteiger partial charge on any atom is -0.490 e. The van der Waals surface area contributed by atoms with E-state index in [1.807, 2.05) is 50.2 Å². The van der Waals surface area contributed by atoms with E-state index < -0.39 is 0 Å². The predicted molar refractivity (Wildman–Crippen MR) is 77.0 cm³/mol. The minimum atomic E-state index is 0.167. The second kappa shape index (κ2) is 6.06. The molecular weight excluding hydrogens is 220 g/mol. The number of hydrogen-bond acceptors (Lipinski definition) is 1. The highest BCUT2D eigenvalue weighted by Crippen LogP contribution is 2.20. The summed E-state index contributed by atoms with van der Waals surface area (Å²) < 4.78 is 5.90. The SMILES string of the molecule is CC(C)O/C(=C/c1ccccc1)c1ccccc1. The lowest BCUT2D eigenvalue weighted by molar-refractivity contribution is 0.206. The number of benzene rings is 2. The molecule has 0 aromatic heterocycles. The van der Waals surface area contributed by atoms with Gasteiger partial charge in [-0.15, -0.1) is 0 Å². The normalized spacial score (nSPS) is 11.6. The van der Waals surface area contributed by atoms with Gasteiger partial charge in [0.05, 0.1) is 6.10 Å². The zero-order valence-corrected chi connectivity index (χ0v) is 10.8. The van der Waals surface area contributed by atoms with Gasteiger partial charge in [0.2, 0.25) is 0 Å². The van der Waals surface area contributed by atoms with Gasteiger partial charge in [-0.05, 0) is 25.5 Å². The molecular formula is C17H18O. The quantitative estimate of drug-likeness (QED) is 0.558. The summed E-state index contributed by atoms with van der Waals surface area (Å²) in [4.78, 5) is 0. The third kappa shape index (κ3) is 3.49. The smallest absolute Gasteiger partial charge is 0.127 e. The molecule has 0 saturated carbocycles. The van der Waals surface area contributed by atoms with Gasteiger partial charge in [0.1, 0.15) is 5.76 Å². The van der Waals surface area contributed by atoms with Gasteiger partial charge in [-0.3, -0.25) is 0 Å². The zero-order chi connectivity index (χ0) is 12.8. The van der Waals surface area contributed by atoms with E-state index in [1.165, 1.54) is 0 Å². The first-order valence-electron chi connectivity index (χ1n) is 6.24. The fourth-order valence-corrected chi connectivity index (χ4v) is 1.74. The average Bonchev–Trinajstić information content (AvgIpc) is 2.40. The van der Waals surface area contributed by atoms with Gasteiger partial charge >= 0.3 is 0 Å². The van der Waals surface area contributed by atoms with Crippen LogP contribution in [0.2, 0.25) is 0 Å². The lowest BCUT2D eigenvalue weighted by atomic mass is 10.1. The lowest BCUT2D eigenvalue weighted by Crippen LogP contribution is -2.01. The van der Waals surface area contributed by atoms with E-state index in [9.17, 15) is 0 Å². The Morgan fingerprint density at radius 2 is 1.44 bits per heavy atom. The topological polar surface area (TPSA) is 9.23 Å². The van der Waals surface area contributed by atoms with E-state index in [2.05, 4.69) is 30.3 Å². The number of hydrogen-bond donors (Lipinski definition) is 0. The number of ether oxygens (including phenoxy) is 1. The second-order valence-electron chi connectivity index (χ2n) is 4.45. The molecule has 0 spiro atoms. The zero-order valence-electron chi connectivity index (χ0n) is 10.8. The Bertz CT molecular complexity index is 498. The third-order valence-corrected chi connectivity index (χ3v) is 2.52. The maximum atomic E-state index is 5.90. The lowest BCUT2D eigenvalue weighted by Gasteiger charge is -2.14. The minimum absolute atomic E-state index is 0.167. The Morgan fingerprint density at radius 3 is 2.00 bits per heavy atom. The molecule has 92 valence electrons. The molecule has 2 aromatic carbocycles. The van der Waals surface area contributed by atoms with Crippen molar-refractivity contribution in [1.29, 1.82) is 0 Å². The molecule has 0 radical (unpaired) electrons. The highest BCUT2D eigenvalue weighted by atomic mass is 16.5. The van der Waals surface area contributed by atoms with Crippen LogP contribution in [0.25, 0.3) is 11.8 Å². The molecule has 0 fully saturated rings. The van der Waals surface area contributed by atoms with Crippen molar-refractivity contribution >= 4 is 11.8 Å². The monoisotopic (exact) mass is 238 g/mol. The third-order valence-electron chi connectivity index (χ3n) is 2.52. The van der Waals surface area contributed by atoms with Crippen molar-refractivity contribution in [3.8, 4) is 0 Å². The van der Waals surface area contributed by atoms with E-state index in [4.69, 9.17) is 4.74 Å². The Kier molecular flexibility index (Phi) is 4.19. The Hall–Kier alpha value is -2.02. The van der Waals surface area contributed by atoms with Gasteiger partial charge in [-0.25, -0.2) is 0 Å². The molecule has 0 aliphatic rings. The Balaban J connectivity index is 2.34. The van der Waals surface area contributed by atoms with Crippen LogP contribution in [-0.2, 0) is 4.74 Å². The van der Waals surface area contributed by atoms with Crippen molar-refractivity contribution in [2.45, 2.75) is 20.0 Å². The van der Waals surface area contributed by atoms with Crippen LogP contribution < -0.4 is 0 Å². The van der Waals surface area contributed by atoms with Crippen molar-refractivity contribution in [1.82, 2.24) is 0 Å². The number of rotatable bonds is 4. The summed E-state index contributed by atoms with van der Waals surface area (Å²) in [6.45, 7) is 4.09. The molecule has 18 heavy (non-hydrogen) atoms. The van der Waals surface area contributed by atoms with E-state index in [-0.39, 0.29) is 6.10 Å². The Morgan fingerprint density at radius 1 is 0.889 bits per heavy atom. The van der Waals surface area contributed by atoms with Gasteiger partial charge in [-0.2, -0.15) is 0 Å². The molecule has 0 unspecified atom stereocenters. The summed E-state index contributed by atoms with van der Waals surface area (Å²) >= 11 is 0. The molecule has 1 nitrogen and oxygen atoms in total. The fourth-order valence-electron chi connectivity index (χ4n) is 1.74. The largest absolute Gasteiger partial charge is 0.490 e. The molecule has 0 saturated heterocycles. The molecule has 2 aromatic rings. The molecule has 0 atom stereocenters. The standard InChI is InChI=1S/C17H18O/c1-14(2)18-17(16-11-7-4-8-12-16)13-15-9-5-3-6-10-15/h3-14H,1-2H3/b17-13+. The summed E-state index contributed by atoms with van der Waals surface area (Å²) in [5, 5.41) is 0. The first-order chi connectivity index (χ1) is 8.75. The summed E-state index contributed by atoms with van der Waals surface area (Å²) in [7, 11) is 0. The van der Waals surface area contributed by atoms with Crippen LogP contribution in [0.1, 0.15) is 25.0 Å². The predicted octanol–water partition coefficient (Wildman–Crippen LogP) is 4.61. The molecule has 0 aliphatic carbocycles. The van der Waals surface area contributed by atoms with Crippen LogP contribution in [0.3, 0.4) is 0 Å². The summed E-state index contributed by atoms with van der Waals surface area (Å²) in [6.07, 6.45) is 2.25. The second-order valence-corrected chi connectivity index (χ2v) is 4.45. The maximum Gasteiger partial charge on any atom is 0.127 e. The molecule has 0 heterocycles. The summed E-state index contributed by atoms with van der Waals surface area (Å²) in [5.41, 5.74) is 2.26. The highest BCUT2D eigenvalue weighted by Gasteiger charge is 2.04. The molecule has 0 N–H and O–H groups in total. The first-order valence-corrected chi connectivity index (χ1v) is 6.24. The van der Waals surface area contributed by atoms with Crippen LogP contribution in [0, 0.1) is 0 Å². The molecule has 1 heteroatoms. The van der Waals surface area contributed by atoms with E-state index in [0.717, 1.165) is 16.9 Å². The van der Waals surface area contributed by atoms with Crippen molar-refractivity contribution < 1.29 is 4.74 Å². The molecule has 0 amide bonds. The Labute approximate surface area is 109 Å². The highest BCUT2D eigenvalue weighted by molar-refractivity contribution is 5.77. The van der Waals surface area contributed by atoms with Crippen molar-refractivity contribution in [3.63, 3.8) is 0 Å². The van der Waals surface area contributed by atoms with Crippen LogP contribution in [-0.4, -0.2) is 6.10 Å². The van der Waals surface area contributed by atoms with Gasteiger partial charge < -0.3 is 4.74 Å². The average molecular weight is 238 g/mol.